The quantitative estimate of drug-likeness (QED) is 0.0150. The number of imidazole rings is 3. The number of carbonyl (C=O) groups excluding carboxylic acids is 1. The molecule has 137 heavy (non-hydrogen) atoms. The fraction of sp³-hybridized carbons (Fsp3) is 0.676. The number of hydrogen-bond acceptors (Lipinski definition) is 39. The van der Waals surface area contributed by atoms with Gasteiger partial charge in [-0.1, -0.05) is 0 Å². The normalized spacial score (nSPS) is 24.8. The van der Waals surface area contributed by atoms with Gasteiger partial charge < -0.3 is 104 Å². The van der Waals surface area contributed by atoms with Crippen LogP contribution in [0.25, 0.3) is 33.5 Å². The fourth-order valence-corrected chi connectivity index (χ4v) is 26.7. The number of nitrogens with two attached hydrogens (primary N) is 5. The summed E-state index contributed by atoms with van der Waals surface area (Å²) >= 11 is 0. The molecule has 6 fully saturated rings. The van der Waals surface area contributed by atoms with E-state index in [0.717, 1.165) is 0 Å². The van der Waals surface area contributed by atoms with Crippen molar-refractivity contribution in [1.29, 1.82) is 0 Å². The number of piperazine rings is 1. The van der Waals surface area contributed by atoms with Crippen molar-refractivity contribution in [3.8, 4) is 0 Å². The Kier molecular flexibility index (Phi) is 33.6. The number of amides is 1. The van der Waals surface area contributed by atoms with Crippen molar-refractivity contribution in [3.05, 3.63) is 95.5 Å². The first-order chi connectivity index (χ1) is 65.1. The highest BCUT2D eigenvalue weighted by Crippen LogP contribution is 2.60. The molecule has 5 unspecified atom stereocenters. The Morgan fingerprint density at radius 2 is 0.781 bits per heavy atom. The summed E-state index contributed by atoms with van der Waals surface area (Å²) in [5, 5.41) is 8.95. The molecule has 0 radical (unpaired) electrons. The molecule has 1 amide bonds. The SMILES string of the molecule is CC(C)N1C[C@@H](COP(=O)(N(C)C)N2C[C@@H](COP(=O)(N(C)C)N3C[C@@H](COP(=O)(N(C)C)N4C[C@@H](COP(=O)(N(C)C)N5C[C@@H](COP(=O)(N(C)C)N6CCN(C(=O)OCCOCCOCCO)CC6)O[C@@H](n6cnc7c(=O)[nH]c(N)nc76)C5)O[C@@H](Cn5ccc(N)nc5=O)C4)O[C@@H](n4cnc5c(=O)[nH]c(N)nc54)C3)O[C@@H](Cn3cnc4c(=O)[nH]c(N)nc43)C2)O[C@@H](n2ccc(N)nc2=O)C1. The largest absolute Gasteiger partial charge is 0.447 e. The molecule has 14 rings (SSSR count). The van der Waals surface area contributed by atoms with Crippen LogP contribution >= 0.6 is 38.4 Å². The number of nitrogens with one attached hydrogen (secondary N) is 3. The van der Waals surface area contributed by atoms with Gasteiger partial charge in [-0.2, -0.15) is 24.9 Å². The van der Waals surface area contributed by atoms with Gasteiger partial charge in [-0.25, -0.2) is 76.0 Å². The molecule has 58 nitrogen and oxygen atoms in total. The second-order valence-electron chi connectivity index (χ2n) is 34.5. The van der Waals surface area contributed by atoms with Gasteiger partial charge in [-0.05, 0) is 96.5 Å². The summed E-state index contributed by atoms with van der Waals surface area (Å²) < 4.78 is 186. The second-order valence-corrected chi connectivity index (χ2v) is 47.5. The summed E-state index contributed by atoms with van der Waals surface area (Å²) in [6.07, 6.45) is -4.35. The Bertz CT molecular complexity index is 6110. The van der Waals surface area contributed by atoms with E-state index in [0.29, 0.717) is 13.1 Å². The molecule has 0 bridgehead atoms. The number of carbonyl (C=O) groups is 1. The first kappa shape index (κ1) is 104. The lowest BCUT2D eigenvalue weighted by atomic mass is 10.2. The average molecular weight is 2030 g/mol. The van der Waals surface area contributed by atoms with E-state index in [4.69, 9.17) is 94.3 Å². The third kappa shape index (κ3) is 23.7. The van der Waals surface area contributed by atoms with Gasteiger partial charge in [0.15, 0.2) is 39.7 Å². The highest BCUT2D eigenvalue weighted by Gasteiger charge is 2.52. The van der Waals surface area contributed by atoms with Crippen molar-refractivity contribution in [2.45, 2.75) is 94.4 Å². The molecule has 6 aliphatic rings. The highest BCUT2D eigenvalue weighted by molar-refractivity contribution is 7.55. The van der Waals surface area contributed by atoms with Gasteiger partial charge >= 0.3 is 55.8 Å². The van der Waals surface area contributed by atoms with Crippen molar-refractivity contribution in [3.63, 3.8) is 0 Å². The van der Waals surface area contributed by atoms with E-state index >= 15 is 22.8 Å². The zero-order chi connectivity index (χ0) is 98.5. The third-order valence-corrected chi connectivity index (χ3v) is 36.3. The standard InChI is InChI=1S/C74H122N33O25P5/c1-47(2)98-29-50(130-57(36-98)105-16-14-56(76)84-73(105)113)39-124-134(116,92(5)6)102-31-49(28-99-44-80-60-63(99)85-69(77)88-66(60)109)129-52(33-102)41-126-137(119,95(11)12)104-35-54(132-59(38-104)107-46-82-62-65(107)87-71(79)90-68(62)111)43-127-135(117,93(7)8)101-30-48(27-97-15-13-55(75)83-72(97)112)128-51(32-101)40-125-136(118,94(9)10)103-34-53(131-58(37-103)106-45-81-61-64(106)86-70(78)89-67(61)110)42-123-133(115,91(3)4)100-19-17-96(18-20-100)74(114)122-26-25-121-24-23-120-22-21-108/h13-16,44-54,57-59,108H,17-43H2,1-12H3,(H2,75,83,112)(H2,76,84,113)(H3,77,85,88,109)(H3,78,86,89,110)(H3,79,87,90,111)/t48-,49-,50-,51-,52-,53-,54-,57+,58+,59+,133?,134?,135?,136?,137?/m0/s1. The first-order valence-electron chi connectivity index (χ1n) is 44.0. The van der Waals surface area contributed by atoms with Crippen LogP contribution in [0.3, 0.4) is 0 Å². The number of aliphatic hydroxyl groups excluding tert-OH is 1. The lowest BCUT2D eigenvalue weighted by Crippen LogP contribution is -2.53. The van der Waals surface area contributed by atoms with Crippen LogP contribution in [-0.4, -0.2) is 429 Å². The van der Waals surface area contributed by atoms with Crippen LogP contribution in [0, 0.1) is 0 Å². The minimum absolute atomic E-state index is 0.00159. The van der Waals surface area contributed by atoms with Gasteiger partial charge in [0.1, 0.15) is 30.7 Å². The van der Waals surface area contributed by atoms with E-state index in [9.17, 15) is 28.8 Å². The van der Waals surface area contributed by atoms with Gasteiger partial charge in [0.05, 0.1) is 154 Å². The molecule has 0 aliphatic carbocycles. The predicted octanol–water partition coefficient (Wildman–Crippen LogP) is -1.83. The summed E-state index contributed by atoms with van der Waals surface area (Å²) in [5.41, 5.74) is 26.7. The Hall–Kier alpha value is -8.73. The van der Waals surface area contributed by atoms with Crippen molar-refractivity contribution >= 4 is 107 Å². The van der Waals surface area contributed by atoms with Crippen LogP contribution in [0.5, 0.6) is 0 Å². The smallest absolute Gasteiger partial charge is 0.409 e. The Labute approximate surface area is 784 Å². The number of ether oxygens (including phenoxy) is 8. The predicted molar refractivity (Wildman–Crippen MR) is 495 cm³/mol. The number of aromatic amines is 3. The highest BCUT2D eigenvalue weighted by atomic mass is 31.2. The molecule has 8 aromatic heterocycles. The number of morpholine rings is 5. The van der Waals surface area contributed by atoms with Crippen LogP contribution < -0.4 is 56.7 Å². The maximum Gasteiger partial charge on any atom is 0.409 e. The number of nitrogen functional groups attached to an aromatic ring is 5. The number of rotatable bonds is 41. The number of aliphatic hydroxyl groups is 1. The summed E-state index contributed by atoms with van der Waals surface area (Å²) in [5.74, 6) is -0.739. The van der Waals surface area contributed by atoms with E-state index in [2.05, 4.69) is 59.7 Å². The molecule has 15 atom stereocenters. The fourth-order valence-electron chi connectivity index (χ4n) is 16.6. The zero-order valence-corrected chi connectivity index (χ0v) is 82.5. The van der Waals surface area contributed by atoms with E-state index < -0.39 is 160 Å². The van der Waals surface area contributed by atoms with E-state index in [-0.39, 0.29) is 207 Å². The Morgan fingerprint density at radius 3 is 1.20 bits per heavy atom. The monoisotopic (exact) mass is 2030 g/mol. The second kappa shape index (κ2) is 44.2. The lowest BCUT2D eigenvalue weighted by molar-refractivity contribution is -0.141. The van der Waals surface area contributed by atoms with Crippen molar-refractivity contribution in [2.75, 3.05) is 263 Å². The molecular formula is C74H122N33O25P5. The van der Waals surface area contributed by atoms with Crippen molar-refractivity contribution in [2.24, 2.45) is 0 Å². The summed E-state index contributed by atoms with van der Waals surface area (Å²) in [6.45, 7) is 1.32. The average Bonchev–Trinajstić information content (AvgIpc) is 1.62. The molecule has 14 N–H and O–H groups in total. The molecule has 758 valence electrons. The number of hydrogen-bond donors (Lipinski definition) is 9. The minimum atomic E-state index is -4.47. The van der Waals surface area contributed by atoms with Gasteiger partial charge in [0.2, 0.25) is 17.8 Å². The topological polar surface area (TPSA) is 672 Å². The number of aromatic nitrogens is 16. The lowest BCUT2D eigenvalue weighted by Gasteiger charge is -2.46. The Morgan fingerprint density at radius 1 is 0.423 bits per heavy atom. The van der Waals surface area contributed by atoms with Gasteiger partial charge in [-0.3, -0.25) is 75.3 Å². The molecule has 6 saturated heterocycles. The van der Waals surface area contributed by atoms with Crippen LogP contribution in [0.1, 0.15) is 32.5 Å². The van der Waals surface area contributed by atoms with Gasteiger partial charge in [0, 0.05) is 97.0 Å². The van der Waals surface area contributed by atoms with E-state index in [1.54, 1.807) is 42.1 Å². The molecular weight excluding hydrogens is 1910 g/mol. The Balaban J connectivity index is 0.722. The molecule has 0 aromatic carbocycles. The minimum Gasteiger partial charge on any atom is -0.447 e. The maximum absolute atomic E-state index is 16.6. The zero-order valence-electron chi connectivity index (χ0n) is 78.0. The summed E-state index contributed by atoms with van der Waals surface area (Å²) in [6, 6.07) is 2.87. The van der Waals surface area contributed by atoms with Crippen LogP contribution in [-0.2, 0) is 96.4 Å². The number of nitrogens with zero attached hydrogens (tertiary/aromatic N) is 25. The number of H-pyrrole nitrogens is 3. The van der Waals surface area contributed by atoms with Crippen molar-refractivity contribution < 1.29 is 93.2 Å². The van der Waals surface area contributed by atoms with E-state index in [1.807, 2.05) is 13.8 Å². The van der Waals surface area contributed by atoms with E-state index in [1.165, 1.54) is 146 Å². The number of anilines is 5. The summed E-state index contributed by atoms with van der Waals surface area (Å²) in [7, 11) is -6.08. The number of fused-ring (bicyclic) bond motifs is 3. The van der Waals surface area contributed by atoms with Crippen LogP contribution in [0.2, 0.25) is 0 Å². The maximum atomic E-state index is 16.6. The molecule has 0 saturated carbocycles. The molecule has 8 aromatic rings. The molecule has 63 heteroatoms. The summed E-state index contributed by atoms with van der Waals surface area (Å²) in [4.78, 5) is 125. The van der Waals surface area contributed by atoms with Crippen LogP contribution in [0.4, 0.5) is 34.3 Å². The first-order valence-corrected chi connectivity index (χ1v) is 51.6. The van der Waals surface area contributed by atoms with Crippen molar-refractivity contribution in [1.82, 2.24) is 134 Å². The molecule has 14 heterocycles. The molecule has 6 aliphatic heterocycles. The third-order valence-electron chi connectivity index (χ3n) is 23.5. The van der Waals surface area contributed by atoms with Crippen LogP contribution in [0.15, 0.2) is 67.5 Å². The van der Waals surface area contributed by atoms with Gasteiger partial charge in [-0.15, -0.1) is 0 Å². The molecule has 0 spiro atoms. The van der Waals surface area contributed by atoms with Gasteiger partial charge in [0.25, 0.3) is 16.7 Å².